The normalized spacial score (nSPS) is 10.5. The summed E-state index contributed by atoms with van der Waals surface area (Å²) in [5, 5.41) is 11.0. The number of fused-ring (bicyclic) bond motifs is 1. The van der Waals surface area contributed by atoms with Crippen LogP contribution >= 0.6 is 11.3 Å². The summed E-state index contributed by atoms with van der Waals surface area (Å²) in [6.07, 6.45) is 2.27. The first kappa shape index (κ1) is 11.8. The predicted octanol–water partition coefficient (Wildman–Crippen LogP) is 3.14. The summed E-state index contributed by atoms with van der Waals surface area (Å²) in [6.45, 7) is 0. The second-order valence-corrected chi connectivity index (χ2v) is 4.87. The van der Waals surface area contributed by atoms with Gasteiger partial charge in [-0.1, -0.05) is 12.1 Å². The van der Waals surface area contributed by atoms with Gasteiger partial charge < -0.3 is 4.74 Å². The van der Waals surface area contributed by atoms with Gasteiger partial charge in [0, 0.05) is 17.1 Å². The lowest BCUT2D eigenvalue weighted by atomic mass is 10.1. The minimum atomic E-state index is 0.325. The number of rotatable bonds is 3. The van der Waals surface area contributed by atoms with E-state index < -0.39 is 0 Å². The predicted molar refractivity (Wildman–Crippen MR) is 74.4 cm³/mol. The van der Waals surface area contributed by atoms with Crippen molar-refractivity contribution in [3.8, 4) is 23.1 Å². The van der Waals surface area contributed by atoms with Crippen LogP contribution in [-0.4, -0.2) is 16.5 Å². The average Bonchev–Trinajstić information content (AvgIpc) is 3.01. The van der Waals surface area contributed by atoms with Gasteiger partial charge in [-0.2, -0.15) is 5.26 Å². The van der Waals surface area contributed by atoms with Crippen LogP contribution in [0.3, 0.4) is 0 Å². The summed E-state index contributed by atoms with van der Waals surface area (Å²) in [7, 11) is 1.64. The molecule has 5 heteroatoms. The zero-order valence-electron chi connectivity index (χ0n) is 10.3. The number of benzene rings is 1. The third-order valence-electron chi connectivity index (χ3n) is 2.97. The van der Waals surface area contributed by atoms with E-state index in [-0.39, 0.29) is 0 Å². The number of imidazole rings is 1. The van der Waals surface area contributed by atoms with E-state index in [0.29, 0.717) is 6.42 Å². The van der Waals surface area contributed by atoms with Crippen molar-refractivity contribution in [2.75, 3.05) is 7.11 Å². The number of hydrogen-bond donors (Lipinski definition) is 0. The Morgan fingerprint density at radius 2 is 2.26 bits per heavy atom. The first-order chi connectivity index (χ1) is 9.35. The summed E-state index contributed by atoms with van der Waals surface area (Å²) >= 11 is 1.56. The van der Waals surface area contributed by atoms with E-state index in [9.17, 15) is 0 Å². The number of thiazole rings is 1. The van der Waals surface area contributed by atoms with Crippen LogP contribution in [0.5, 0.6) is 5.75 Å². The smallest absolute Gasteiger partial charge is 0.194 e. The lowest BCUT2D eigenvalue weighted by Crippen LogP contribution is -1.93. The monoisotopic (exact) mass is 269 g/mol. The van der Waals surface area contributed by atoms with E-state index in [1.807, 2.05) is 40.2 Å². The van der Waals surface area contributed by atoms with Gasteiger partial charge in [-0.3, -0.25) is 4.40 Å². The van der Waals surface area contributed by atoms with Gasteiger partial charge in [0.15, 0.2) is 4.96 Å². The summed E-state index contributed by atoms with van der Waals surface area (Å²) in [5.74, 6) is 0.771. The highest BCUT2D eigenvalue weighted by molar-refractivity contribution is 7.15. The Morgan fingerprint density at radius 3 is 3.05 bits per heavy atom. The van der Waals surface area contributed by atoms with Crippen LogP contribution in [0.2, 0.25) is 0 Å². The molecule has 2 heterocycles. The second kappa shape index (κ2) is 4.75. The van der Waals surface area contributed by atoms with Crippen molar-refractivity contribution >= 4 is 16.3 Å². The lowest BCUT2D eigenvalue weighted by Gasteiger charge is -2.07. The standard InChI is InChI=1S/C14H11N3OS/c1-18-12-5-3-2-4-10(12)13-11(6-7-15)17-8-9-19-14(17)16-13/h2-5,8-9H,6H2,1H3. The molecule has 0 unspecified atom stereocenters. The minimum Gasteiger partial charge on any atom is -0.496 e. The molecular formula is C14H11N3OS. The van der Waals surface area contributed by atoms with Crippen molar-refractivity contribution in [3.05, 3.63) is 41.5 Å². The van der Waals surface area contributed by atoms with Gasteiger partial charge in [-0.15, -0.1) is 11.3 Å². The Kier molecular flexibility index (Phi) is 2.94. The highest BCUT2D eigenvalue weighted by atomic mass is 32.1. The topological polar surface area (TPSA) is 50.3 Å². The molecule has 0 amide bonds. The fourth-order valence-corrected chi connectivity index (χ4v) is 2.87. The fourth-order valence-electron chi connectivity index (χ4n) is 2.13. The Balaban J connectivity index is 2.27. The molecule has 0 radical (unpaired) electrons. The molecule has 3 aromatic rings. The van der Waals surface area contributed by atoms with Gasteiger partial charge in [-0.25, -0.2) is 4.98 Å². The number of hydrogen-bond acceptors (Lipinski definition) is 4. The molecule has 0 fully saturated rings. The van der Waals surface area contributed by atoms with E-state index >= 15 is 0 Å². The van der Waals surface area contributed by atoms with E-state index in [4.69, 9.17) is 10.00 Å². The first-order valence-corrected chi connectivity index (χ1v) is 6.68. The van der Waals surface area contributed by atoms with Crippen molar-refractivity contribution in [1.29, 1.82) is 5.26 Å². The number of aromatic nitrogens is 2. The average molecular weight is 269 g/mol. The van der Waals surface area contributed by atoms with Crippen molar-refractivity contribution in [2.45, 2.75) is 6.42 Å². The molecule has 0 saturated carbocycles. The maximum Gasteiger partial charge on any atom is 0.194 e. The lowest BCUT2D eigenvalue weighted by molar-refractivity contribution is 0.416. The number of nitrogens with zero attached hydrogens (tertiary/aromatic N) is 3. The molecule has 0 aliphatic rings. The van der Waals surface area contributed by atoms with E-state index in [1.165, 1.54) is 0 Å². The maximum atomic E-state index is 9.01. The molecule has 1 aromatic carbocycles. The quantitative estimate of drug-likeness (QED) is 0.734. The van der Waals surface area contributed by atoms with Crippen LogP contribution < -0.4 is 4.74 Å². The Morgan fingerprint density at radius 1 is 1.42 bits per heavy atom. The third-order valence-corrected chi connectivity index (χ3v) is 3.73. The molecule has 19 heavy (non-hydrogen) atoms. The van der Waals surface area contributed by atoms with Gasteiger partial charge in [0.25, 0.3) is 0 Å². The third kappa shape index (κ3) is 1.86. The van der Waals surface area contributed by atoms with Gasteiger partial charge in [-0.05, 0) is 12.1 Å². The number of nitriles is 1. The molecule has 2 aromatic heterocycles. The van der Waals surface area contributed by atoms with Gasteiger partial charge in [0.05, 0.1) is 31.0 Å². The molecule has 0 bridgehead atoms. The summed E-state index contributed by atoms with van der Waals surface area (Å²) in [5.41, 5.74) is 2.65. The van der Waals surface area contributed by atoms with Crippen LogP contribution in [0, 0.1) is 11.3 Å². The molecule has 0 atom stereocenters. The largest absolute Gasteiger partial charge is 0.496 e. The zero-order valence-corrected chi connectivity index (χ0v) is 11.1. The maximum absolute atomic E-state index is 9.01. The summed E-state index contributed by atoms with van der Waals surface area (Å²) < 4.78 is 7.34. The number of para-hydroxylation sites is 1. The highest BCUT2D eigenvalue weighted by Crippen LogP contribution is 2.33. The molecule has 0 aliphatic heterocycles. The zero-order chi connectivity index (χ0) is 13.2. The van der Waals surface area contributed by atoms with Crippen LogP contribution in [0.1, 0.15) is 5.69 Å². The van der Waals surface area contributed by atoms with E-state index in [1.54, 1.807) is 18.4 Å². The van der Waals surface area contributed by atoms with Crippen LogP contribution in [0.4, 0.5) is 0 Å². The van der Waals surface area contributed by atoms with Crippen molar-refractivity contribution < 1.29 is 4.74 Å². The van der Waals surface area contributed by atoms with Crippen LogP contribution in [-0.2, 0) is 6.42 Å². The minimum absolute atomic E-state index is 0.325. The number of ether oxygens (including phenoxy) is 1. The highest BCUT2D eigenvalue weighted by Gasteiger charge is 2.17. The van der Waals surface area contributed by atoms with Crippen molar-refractivity contribution in [2.24, 2.45) is 0 Å². The van der Waals surface area contributed by atoms with Crippen molar-refractivity contribution in [3.63, 3.8) is 0 Å². The van der Waals surface area contributed by atoms with Gasteiger partial charge in [0.2, 0.25) is 0 Å². The van der Waals surface area contributed by atoms with Gasteiger partial charge >= 0.3 is 0 Å². The fraction of sp³-hybridized carbons (Fsp3) is 0.143. The molecule has 0 saturated heterocycles. The summed E-state index contributed by atoms with van der Waals surface area (Å²) in [6, 6.07) is 9.94. The van der Waals surface area contributed by atoms with Gasteiger partial charge in [0.1, 0.15) is 5.75 Å². The molecular weight excluding hydrogens is 258 g/mol. The van der Waals surface area contributed by atoms with E-state index in [0.717, 1.165) is 27.7 Å². The summed E-state index contributed by atoms with van der Waals surface area (Å²) in [4.78, 5) is 5.52. The second-order valence-electron chi connectivity index (χ2n) is 4.00. The SMILES string of the molecule is COc1ccccc1-c1nc2sccn2c1CC#N. The molecule has 94 valence electrons. The Bertz CT molecular complexity index is 766. The van der Waals surface area contributed by atoms with Crippen LogP contribution in [0.15, 0.2) is 35.8 Å². The molecule has 0 N–H and O–H groups in total. The Labute approximate surface area is 114 Å². The van der Waals surface area contributed by atoms with Crippen molar-refractivity contribution in [1.82, 2.24) is 9.38 Å². The molecule has 0 spiro atoms. The molecule has 3 rings (SSSR count). The Hall–Kier alpha value is -2.32. The molecule has 4 nitrogen and oxygen atoms in total. The van der Waals surface area contributed by atoms with Crippen LogP contribution in [0.25, 0.3) is 16.2 Å². The molecule has 0 aliphatic carbocycles. The first-order valence-electron chi connectivity index (χ1n) is 5.80. The number of methoxy groups -OCH3 is 1. The van der Waals surface area contributed by atoms with E-state index in [2.05, 4.69) is 11.1 Å².